The van der Waals surface area contributed by atoms with E-state index in [0.29, 0.717) is 39.9 Å². The number of benzene rings is 2. The number of nitrogens with two attached hydrogens (primary N) is 1. The van der Waals surface area contributed by atoms with Crippen molar-refractivity contribution in [1.29, 1.82) is 0 Å². The number of hydrogen-bond acceptors (Lipinski definition) is 5. The highest BCUT2D eigenvalue weighted by molar-refractivity contribution is 8.00. The molecule has 1 fully saturated rings. The zero-order valence-corrected chi connectivity index (χ0v) is 25.6. The highest BCUT2D eigenvalue weighted by Gasteiger charge is 2.29. The van der Waals surface area contributed by atoms with Gasteiger partial charge in [0.15, 0.2) is 5.69 Å². The van der Waals surface area contributed by atoms with Crippen LogP contribution in [0.3, 0.4) is 0 Å². The molecule has 0 atom stereocenters. The number of aromatic nitrogens is 3. The van der Waals surface area contributed by atoms with Crippen molar-refractivity contribution in [2.24, 2.45) is 16.5 Å². The fourth-order valence-corrected chi connectivity index (χ4v) is 6.34. The van der Waals surface area contributed by atoms with Crippen LogP contribution in [0.1, 0.15) is 66.5 Å². The number of allylic oxidation sites excluding steroid dienone is 1. The molecule has 1 aliphatic rings. The lowest BCUT2D eigenvalue weighted by atomic mass is 9.94. The first-order chi connectivity index (χ1) is 19.7. The van der Waals surface area contributed by atoms with E-state index < -0.39 is 21.9 Å². The molecule has 1 saturated carbocycles. The predicted octanol–water partition coefficient (Wildman–Crippen LogP) is 6.45. The van der Waals surface area contributed by atoms with Crippen molar-refractivity contribution < 1.29 is 22.9 Å². The molecule has 0 aliphatic heterocycles. The van der Waals surface area contributed by atoms with Crippen LogP contribution in [0.2, 0.25) is 0 Å². The Balaban J connectivity index is 1.69. The van der Waals surface area contributed by atoms with Crippen LogP contribution >= 0.6 is 11.3 Å². The van der Waals surface area contributed by atoms with Crippen molar-refractivity contribution in [1.82, 2.24) is 14.8 Å². The van der Waals surface area contributed by atoms with Gasteiger partial charge in [0.1, 0.15) is 11.6 Å². The maximum absolute atomic E-state index is 15.0. The number of aromatic carboxylic acids is 1. The summed E-state index contributed by atoms with van der Waals surface area (Å²) in [4.78, 5) is 15.9. The summed E-state index contributed by atoms with van der Waals surface area (Å²) in [6.07, 6.45) is 8.09. The van der Waals surface area contributed by atoms with Gasteiger partial charge in [-0.1, -0.05) is 39.0 Å². The Morgan fingerprint density at radius 2 is 1.93 bits per heavy atom. The van der Waals surface area contributed by atoms with Gasteiger partial charge in [0.05, 0.1) is 16.3 Å². The number of thiazole rings is 1. The van der Waals surface area contributed by atoms with Crippen LogP contribution in [0.4, 0.5) is 8.78 Å². The third-order valence-corrected chi connectivity index (χ3v) is 9.20. The third kappa shape index (κ3) is 6.74. The number of carbonyl (C=O) groups is 1. The molecule has 1 aliphatic carbocycles. The summed E-state index contributed by atoms with van der Waals surface area (Å²) < 4.78 is 43.9. The van der Waals surface area contributed by atoms with E-state index >= 15 is 4.39 Å². The summed E-state index contributed by atoms with van der Waals surface area (Å²) in [7, 11) is -3.29. The van der Waals surface area contributed by atoms with Gasteiger partial charge in [0.2, 0.25) is 5.13 Å². The van der Waals surface area contributed by atoms with Crippen molar-refractivity contribution in [3.05, 3.63) is 87.6 Å². The van der Waals surface area contributed by atoms with Crippen LogP contribution in [0, 0.1) is 23.0 Å². The molecule has 222 valence electrons. The second-order valence-electron chi connectivity index (χ2n) is 12.0. The Hall–Kier alpha value is -3.54. The Morgan fingerprint density at radius 3 is 2.52 bits per heavy atom. The monoisotopic (exact) mass is 612 g/mol. The van der Waals surface area contributed by atoms with Gasteiger partial charge in [-0.25, -0.2) is 23.2 Å². The minimum Gasteiger partial charge on any atom is -0.476 e. The zero-order chi connectivity index (χ0) is 30.4. The van der Waals surface area contributed by atoms with Crippen molar-refractivity contribution in [2.45, 2.75) is 51.3 Å². The molecule has 0 saturated heterocycles. The van der Waals surface area contributed by atoms with Gasteiger partial charge in [-0.2, -0.15) is 5.10 Å². The molecule has 11 heteroatoms. The standard InChI is InChI=1S/C31H34F2N4O3S2/c1-31(2,3)12-11-20-16-21(8-9-23(20)32)28-22(13-19-7-10-27(24(33)14-19)42(4,34)40)26(15-18-5-6-18)37(36-28)30-35-25(17-41-30)29(38)39/h7-12,14,16-18,42H,5-6,13,15H2,1-4H3,(H2,34,40)(H,38,39)/b12-11+. The van der Waals surface area contributed by atoms with Gasteiger partial charge < -0.3 is 5.11 Å². The second-order valence-corrected chi connectivity index (χ2v) is 15.3. The average molecular weight is 613 g/mol. The van der Waals surface area contributed by atoms with E-state index in [9.17, 15) is 18.5 Å². The normalized spacial score (nSPS) is 14.5. The summed E-state index contributed by atoms with van der Waals surface area (Å²) >= 11 is 1.17. The lowest BCUT2D eigenvalue weighted by Gasteiger charge is -2.15. The fraction of sp³-hybridized carbons (Fsp3) is 0.323. The summed E-state index contributed by atoms with van der Waals surface area (Å²) in [6.45, 7) is 6.09. The Labute approximate surface area is 248 Å². The van der Waals surface area contributed by atoms with Crippen LogP contribution in [0.15, 0.2) is 52.7 Å². The highest BCUT2D eigenvalue weighted by Crippen LogP contribution is 2.38. The van der Waals surface area contributed by atoms with Gasteiger partial charge in [-0.15, -0.1) is 11.3 Å². The molecule has 2 heterocycles. The van der Waals surface area contributed by atoms with Gasteiger partial charge in [0, 0.05) is 34.7 Å². The Morgan fingerprint density at radius 1 is 1.19 bits per heavy atom. The lowest BCUT2D eigenvalue weighted by molar-refractivity contribution is 0.0691. The largest absolute Gasteiger partial charge is 0.476 e. The summed E-state index contributed by atoms with van der Waals surface area (Å²) in [5, 5.41) is 22.0. The molecule has 5 rings (SSSR count). The van der Waals surface area contributed by atoms with Crippen LogP contribution in [-0.4, -0.2) is 36.3 Å². The van der Waals surface area contributed by atoms with Gasteiger partial charge >= 0.3 is 5.97 Å². The Kier molecular flexibility index (Phi) is 8.04. The average Bonchev–Trinajstić information content (AvgIpc) is 3.45. The van der Waals surface area contributed by atoms with Crippen molar-refractivity contribution in [3.8, 4) is 16.4 Å². The molecule has 3 N–H and O–H groups in total. The number of hydrogen-bond donors (Lipinski definition) is 3. The minimum atomic E-state index is -3.29. The van der Waals surface area contributed by atoms with E-state index in [2.05, 4.69) is 4.98 Å². The molecule has 7 nitrogen and oxygen atoms in total. The molecule has 2 aromatic carbocycles. The molecule has 0 bridgehead atoms. The molecule has 0 spiro atoms. The maximum atomic E-state index is 15.0. The van der Waals surface area contributed by atoms with Gasteiger partial charge in [0.25, 0.3) is 0 Å². The lowest BCUT2D eigenvalue weighted by Crippen LogP contribution is -2.22. The molecule has 0 unspecified atom stereocenters. The molecular weight excluding hydrogens is 578 g/mol. The maximum Gasteiger partial charge on any atom is 0.355 e. The Bertz CT molecular complexity index is 1740. The molecule has 4 aromatic rings. The number of rotatable bonds is 9. The van der Waals surface area contributed by atoms with E-state index in [0.717, 1.165) is 24.1 Å². The predicted molar refractivity (Wildman–Crippen MR) is 164 cm³/mol. The van der Waals surface area contributed by atoms with E-state index in [-0.39, 0.29) is 28.2 Å². The molecule has 0 amide bonds. The molecule has 0 radical (unpaired) electrons. The highest BCUT2D eigenvalue weighted by atomic mass is 32.3. The second kappa shape index (κ2) is 11.3. The van der Waals surface area contributed by atoms with Crippen molar-refractivity contribution >= 4 is 33.5 Å². The van der Waals surface area contributed by atoms with Crippen molar-refractivity contribution in [3.63, 3.8) is 0 Å². The van der Waals surface area contributed by atoms with E-state index in [1.54, 1.807) is 29.0 Å². The topological polar surface area (TPSA) is 111 Å². The van der Waals surface area contributed by atoms with Crippen LogP contribution < -0.4 is 5.14 Å². The van der Waals surface area contributed by atoms with Crippen LogP contribution in [-0.2, 0) is 23.0 Å². The third-order valence-electron chi connectivity index (χ3n) is 7.06. The van der Waals surface area contributed by atoms with Crippen LogP contribution in [0.5, 0.6) is 0 Å². The van der Waals surface area contributed by atoms with Crippen LogP contribution in [0.25, 0.3) is 22.5 Å². The molecule has 2 aromatic heterocycles. The van der Waals surface area contributed by atoms with E-state index in [4.69, 9.17) is 10.2 Å². The van der Waals surface area contributed by atoms with Crippen molar-refractivity contribution in [2.75, 3.05) is 6.26 Å². The van der Waals surface area contributed by atoms with E-state index in [1.807, 2.05) is 26.8 Å². The molecular formula is C31H34F2N4O3S2. The van der Waals surface area contributed by atoms with E-state index in [1.165, 1.54) is 41.2 Å². The number of halogens is 2. The first-order valence-electron chi connectivity index (χ1n) is 13.6. The minimum absolute atomic E-state index is 0.0156. The summed E-state index contributed by atoms with van der Waals surface area (Å²) in [6, 6.07) is 9.32. The number of thiol groups is 1. The fourth-order valence-electron chi connectivity index (χ4n) is 4.71. The number of nitrogens with zero attached hydrogens (tertiary/aromatic N) is 3. The zero-order valence-electron chi connectivity index (χ0n) is 23.9. The number of carboxylic acids is 1. The quantitative estimate of drug-likeness (QED) is 0.188. The van der Waals surface area contributed by atoms with Gasteiger partial charge in [-0.05, 0) is 76.6 Å². The number of carboxylic acid groups (broad SMARTS) is 1. The first kappa shape index (κ1) is 29.9. The smallest absolute Gasteiger partial charge is 0.355 e. The SMILES string of the molecule is CC(C)(C)/C=C/c1cc(-c2nn(-c3nc(C(=O)O)cs3)c(CC3CC3)c2Cc2ccc([SH](C)(N)=O)c(F)c2)ccc1F. The molecule has 42 heavy (non-hydrogen) atoms. The first-order valence-corrected chi connectivity index (χ1v) is 16.7. The summed E-state index contributed by atoms with van der Waals surface area (Å²) in [5.41, 5.74) is 3.71. The summed E-state index contributed by atoms with van der Waals surface area (Å²) in [5.74, 6) is -1.70. The van der Waals surface area contributed by atoms with Gasteiger partial charge in [-0.3, -0.25) is 9.35 Å².